The van der Waals surface area contributed by atoms with Crippen LogP contribution in [0.5, 0.6) is 5.75 Å². The van der Waals surface area contributed by atoms with Gasteiger partial charge in [0.2, 0.25) is 5.75 Å². The van der Waals surface area contributed by atoms with Crippen LogP contribution >= 0.6 is 0 Å². The molecular formula is C30H33N7O5. The van der Waals surface area contributed by atoms with Crippen molar-refractivity contribution in [3.63, 3.8) is 0 Å². The molecule has 42 heavy (non-hydrogen) atoms. The molecule has 1 saturated heterocycles. The number of methoxy groups -OCH3 is 1. The molecule has 0 spiro atoms. The van der Waals surface area contributed by atoms with E-state index in [-0.39, 0.29) is 13.2 Å². The summed E-state index contributed by atoms with van der Waals surface area (Å²) in [4.78, 5) is 44.6. The lowest BCUT2D eigenvalue weighted by Gasteiger charge is -2.33. The molecule has 0 radical (unpaired) electrons. The number of amides is 1. The quantitative estimate of drug-likeness (QED) is 0.254. The number of carbonyl (C=O) groups excluding carboxylic acids is 1. The highest BCUT2D eigenvalue weighted by Crippen LogP contribution is 2.37. The second-order valence-electron chi connectivity index (χ2n) is 10.0. The highest BCUT2D eigenvalue weighted by atomic mass is 16.5. The zero-order valence-corrected chi connectivity index (χ0v) is 23.5. The standard InChI is InChI=1S/C30H33N7O5/c1-19-33-27(32-17-24(29(38)39)36-30(40)42-18-20-7-4-3-5-8-20)25(41-2)28(34-19)37-15-12-21(13-16-37)23-11-10-22-9-6-14-31-26(22)35-23/h3-11,14,21,24H,12-13,15-18H2,1-2H3,(H,36,40)(H,38,39)(H,32,33,34). The van der Waals surface area contributed by atoms with Gasteiger partial charge in [0.15, 0.2) is 17.3 Å². The molecular weight excluding hydrogens is 538 g/mol. The molecule has 5 rings (SSSR count). The van der Waals surface area contributed by atoms with E-state index >= 15 is 0 Å². The van der Waals surface area contributed by atoms with E-state index in [1.54, 1.807) is 13.1 Å². The van der Waals surface area contributed by atoms with Gasteiger partial charge in [0.1, 0.15) is 18.5 Å². The van der Waals surface area contributed by atoms with Crippen molar-refractivity contribution in [3.8, 4) is 5.75 Å². The van der Waals surface area contributed by atoms with E-state index in [2.05, 4.69) is 42.6 Å². The number of piperidine rings is 1. The Bertz CT molecular complexity index is 1540. The molecule has 1 unspecified atom stereocenters. The highest BCUT2D eigenvalue weighted by Gasteiger charge is 2.28. The van der Waals surface area contributed by atoms with E-state index in [0.717, 1.165) is 48.2 Å². The van der Waals surface area contributed by atoms with E-state index in [1.807, 2.05) is 42.5 Å². The fourth-order valence-electron chi connectivity index (χ4n) is 4.96. The van der Waals surface area contributed by atoms with Crippen LogP contribution in [-0.4, -0.2) is 69.9 Å². The molecule has 4 heterocycles. The molecule has 1 amide bonds. The van der Waals surface area contributed by atoms with Crippen LogP contribution < -0.4 is 20.3 Å². The molecule has 0 bridgehead atoms. The van der Waals surface area contributed by atoms with Crippen LogP contribution in [0.15, 0.2) is 60.8 Å². The molecule has 3 N–H and O–H groups in total. The van der Waals surface area contributed by atoms with Crippen molar-refractivity contribution in [2.75, 3.05) is 37.0 Å². The second kappa shape index (κ2) is 13.1. The minimum atomic E-state index is -1.27. The van der Waals surface area contributed by atoms with E-state index < -0.39 is 18.1 Å². The number of hydrogen-bond donors (Lipinski definition) is 3. The van der Waals surface area contributed by atoms with Gasteiger partial charge in [-0.2, -0.15) is 0 Å². The zero-order valence-electron chi connectivity index (χ0n) is 23.5. The van der Waals surface area contributed by atoms with E-state index in [9.17, 15) is 14.7 Å². The van der Waals surface area contributed by atoms with Gasteiger partial charge in [-0.1, -0.05) is 30.3 Å². The van der Waals surface area contributed by atoms with Crippen molar-refractivity contribution in [2.24, 2.45) is 0 Å². The summed E-state index contributed by atoms with van der Waals surface area (Å²) < 4.78 is 10.9. The first-order valence-electron chi connectivity index (χ1n) is 13.7. The smallest absolute Gasteiger partial charge is 0.408 e. The second-order valence-corrected chi connectivity index (χ2v) is 10.0. The van der Waals surface area contributed by atoms with Gasteiger partial charge in [-0.05, 0) is 49.6 Å². The van der Waals surface area contributed by atoms with Crippen LogP contribution in [0.25, 0.3) is 11.0 Å². The Kier molecular flexibility index (Phi) is 8.90. The number of carboxylic acids is 1. The number of fused-ring (bicyclic) bond motifs is 1. The van der Waals surface area contributed by atoms with E-state index in [0.29, 0.717) is 29.1 Å². The third-order valence-corrected chi connectivity index (χ3v) is 7.14. The Morgan fingerprint density at radius 2 is 1.83 bits per heavy atom. The molecule has 218 valence electrons. The SMILES string of the molecule is COc1c(NCC(NC(=O)OCc2ccccc2)C(=O)O)nc(C)nc1N1CCC(c2ccc3cccnc3n2)CC1. The van der Waals surface area contributed by atoms with Crippen LogP contribution in [0.4, 0.5) is 16.4 Å². The lowest BCUT2D eigenvalue weighted by Crippen LogP contribution is -2.45. The number of carboxylic acid groups (broad SMARTS) is 1. The van der Waals surface area contributed by atoms with E-state index in [4.69, 9.17) is 14.5 Å². The highest BCUT2D eigenvalue weighted by molar-refractivity contribution is 5.81. The van der Waals surface area contributed by atoms with Crippen LogP contribution in [0.2, 0.25) is 0 Å². The maximum atomic E-state index is 12.3. The molecule has 1 aromatic carbocycles. The van der Waals surface area contributed by atoms with E-state index in [1.165, 1.54) is 7.11 Å². The Balaban J connectivity index is 1.23. The lowest BCUT2D eigenvalue weighted by atomic mass is 9.93. The number of carbonyl (C=O) groups is 2. The number of alkyl carbamates (subject to hydrolysis) is 1. The molecule has 3 aromatic heterocycles. The van der Waals surface area contributed by atoms with Gasteiger partial charge in [-0.3, -0.25) is 0 Å². The number of aryl methyl sites for hydroxylation is 1. The number of benzene rings is 1. The monoisotopic (exact) mass is 571 g/mol. The summed E-state index contributed by atoms with van der Waals surface area (Å²) in [5.74, 6) is 0.950. The number of rotatable bonds is 10. The Labute approximate surface area is 243 Å². The fourth-order valence-corrected chi connectivity index (χ4v) is 4.96. The van der Waals surface area contributed by atoms with Gasteiger partial charge in [0.25, 0.3) is 0 Å². The summed E-state index contributed by atoms with van der Waals surface area (Å²) in [7, 11) is 1.52. The zero-order chi connectivity index (χ0) is 29.5. The number of aliphatic carboxylic acids is 1. The Hall–Kier alpha value is -5.00. The first kappa shape index (κ1) is 28.5. The van der Waals surface area contributed by atoms with Crippen molar-refractivity contribution < 1.29 is 24.2 Å². The molecule has 1 aliphatic rings. The average molecular weight is 572 g/mol. The number of nitrogens with zero attached hydrogens (tertiary/aromatic N) is 5. The minimum Gasteiger partial charge on any atom is -0.490 e. The van der Waals surface area contributed by atoms with Gasteiger partial charge in [0.05, 0.1) is 7.11 Å². The third kappa shape index (κ3) is 6.82. The van der Waals surface area contributed by atoms with Crippen molar-refractivity contribution in [1.82, 2.24) is 25.3 Å². The molecule has 12 heteroatoms. The largest absolute Gasteiger partial charge is 0.490 e. The van der Waals surface area contributed by atoms with Gasteiger partial charge < -0.3 is 30.1 Å². The maximum absolute atomic E-state index is 12.3. The summed E-state index contributed by atoms with van der Waals surface area (Å²) in [5, 5.41) is 16.1. The molecule has 1 fully saturated rings. The molecule has 1 atom stereocenters. The summed E-state index contributed by atoms with van der Waals surface area (Å²) in [6.07, 6.45) is 2.66. The summed E-state index contributed by atoms with van der Waals surface area (Å²) in [6, 6.07) is 15.9. The van der Waals surface area contributed by atoms with Gasteiger partial charge in [0, 0.05) is 42.8 Å². The maximum Gasteiger partial charge on any atom is 0.408 e. The topological polar surface area (TPSA) is 152 Å². The number of aromatic nitrogens is 4. The number of ether oxygens (including phenoxy) is 2. The van der Waals surface area contributed by atoms with Crippen LogP contribution in [0, 0.1) is 6.92 Å². The summed E-state index contributed by atoms with van der Waals surface area (Å²) >= 11 is 0. The third-order valence-electron chi connectivity index (χ3n) is 7.14. The van der Waals surface area contributed by atoms with Gasteiger partial charge in [-0.25, -0.2) is 29.5 Å². The normalized spacial score (nSPS) is 14.3. The number of pyridine rings is 2. The minimum absolute atomic E-state index is 0.0270. The Morgan fingerprint density at radius 1 is 1.05 bits per heavy atom. The van der Waals surface area contributed by atoms with Crippen LogP contribution in [0.1, 0.15) is 35.8 Å². The molecule has 4 aromatic rings. The number of anilines is 2. The van der Waals surface area contributed by atoms with Crippen molar-refractivity contribution in [1.29, 1.82) is 0 Å². The van der Waals surface area contributed by atoms with Gasteiger partial charge in [-0.15, -0.1) is 0 Å². The predicted octanol–water partition coefficient (Wildman–Crippen LogP) is 3.91. The fraction of sp³-hybridized carbons (Fsp3) is 0.333. The van der Waals surface area contributed by atoms with Crippen molar-refractivity contribution in [3.05, 3.63) is 77.9 Å². The predicted molar refractivity (Wildman–Crippen MR) is 157 cm³/mol. The first-order chi connectivity index (χ1) is 20.4. The number of hydrogen-bond acceptors (Lipinski definition) is 10. The van der Waals surface area contributed by atoms with Crippen molar-refractivity contribution in [2.45, 2.75) is 38.3 Å². The summed E-state index contributed by atoms with van der Waals surface area (Å²) in [5.41, 5.74) is 2.57. The number of nitrogens with one attached hydrogen (secondary N) is 2. The molecule has 12 nitrogen and oxygen atoms in total. The molecule has 1 aliphatic heterocycles. The van der Waals surface area contributed by atoms with Crippen LogP contribution in [0.3, 0.4) is 0 Å². The van der Waals surface area contributed by atoms with Gasteiger partial charge >= 0.3 is 12.1 Å². The van der Waals surface area contributed by atoms with Crippen LogP contribution in [-0.2, 0) is 16.1 Å². The molecule has 0 saturated carbocycles. The Morgan fingerprint density at radius 3 is 2.57 bits per heavy atom. The lowest BCUT2D eigenvalue weighted by molar-refractivity contribution is -0.139. The first-order valence-corrected chi connectivity index (χ1v) is 13.7. The summed E-state index contributed by atoms with van der Waals surface area (Å²) in [6.45, 7) is 3.10. The van der Waals surface area contributed by atoms with Crippen molar-refractivity contribution >= 4 is 34.7 Å². The average Bonchev–Trinajstić information content (AvgIpc) is 3.02. The molecule has 0 aliphatic carbocycles.